The number of benzene rings is 2. The van der Waals surface area contributed by atoms with Crippen molar-refractivity contribution >= 4 is 5.91 Å². The molecule has 2 unspecified atom stereocenters. The van der Waals surface area contributed by atoms with Crippen molar-refractivity contribution < 1.29 is 9.90 Å². The van der Waals surface area contributed by atoms with Crippen molar-refractivity contribution in [2.75, 3.05) is 13.1 Å². The lowest BCUT2D eigenvalue weighted by Gasteiger charge is -2.42. The molecule has 2 atom stereocenters. The van der Waals surface area contributed by atoms with Gasteiger partial charge in [-0.05, 0) is 43.2 Å². The Kier molecular flexibility index (Phi) is 5.49. The van der Waals surface area contributed by atoms with Gasteiger partial charge in [-0.2, -0.15) is 0 Å². The summed E-state index contributed by atoms with van der Waals surface area (Å²) in [6.45, 7) is 3.43. The van der Waals surface area contributed by atoms with E-state index in [1.165, 1.54) is 0 Å². The van der Waals surface area contributed by atoms with Crippen molar-refractivity contribution in [3.8, 4) is 0 Å². The number of rotatable bonds is 4. The molecule has 2 aliphatic rings. The lowest BCUT2D eigenvalue weighted by molar-refractivity contribution is -0.136. The molecule has 4 rings (SSSR count). The van der Waals surface area contributed by atoms with Crippen LogP contribution >= 0.6 is 0 Å². The lowest BCUT2D eigenvalue weighted by atomic mass is 9.72. The maximum Gasteiger partial charge on any atom is 0.241 e. The monoisotopic (exact) mass is 379 g/mol. The highest BCUT2D eigenvalue weighted by atomic mass is 16.3. The average Bonchev–Trinajstić information content (AvgIpc) is 3.20. The summed E-state index contributed by atoms with van der Waals surface area (Å²) in [6, 6.07) is 20.0. The number of hydrogen-bond donors (Lipinski definition) is 3. The summed E-state index contributed by atoms with van der Waals surface area (Å²) in [6.07, 6.45) is 2.38. The Morgan fingerprint density at radius 1 is 0.964 bits per heavy atom. The Morgan fingerprint density at radius 2 is 1.50 bits per heavy atom. The van der Waals surface area contributed by atoms with Gasteiger partial charge >= 0.3 is 0 Å². The standard InChI is InChI=1S/C23H29N3O2/c1-17-16-21(25-24-17)22(27)26-14-12-20(13-15-26)23(28,18-8-4-2-5-9-18)19-10-6-3-7-11-19/h2-11,17,20-21,24-25,28H,12-16H2,1H3. The van der Waals surface area contributed by atoms with E-state index in [2.05, 4.69) is 17.8 Å². The smallest absolute Gasteiger partial charge is 0.241 e. The Morgan fingerprint density at radius 3 is 1.96 bits per heavy atom. The van der Waals surface area contributed by atoms with E-state index in [1.807, 2.05) is 65.6 Å². The molecule has 148 valence electrons. The van der Waals surface area contributed by atoms with E-state index < -0.39 is 5.60 Å². The molecular formula is C23H29N3O2. The van der Waals surface area contributed by atoms with Gasteiger partial charge in [0, 0.05) is 19.1 Å². The van der Waals surface area contributed by atoms with E-state index in [-0.39, 0.29) is 17.9 Å². The first-order valence-corrected chi connectivity index (χ1v) is 10.2. The van der Waals surface area contributed by atoms with Crippen molar-refractivity contribution in [3.63, 3.8) is 0 Å². The molecule has 2 aliphatic heterocycles. The second-order valence-corrected chi connectivity index (χ2v) is 8.08. The minimum atomic E-state index is -1.04. The van der Waals surface area contributed by atoms with E-state index in [0.29, 0.717) is 19.1 Å². The molecular weight excluding hydrogens is 350 g/mol. The van der Waals surface area contributed by atoms with Gasteiger partial charge in [0.2, 0.25) is 5.91 Å². The Balaban J connectivity index is 1.53. The number of nitrogens with zero attached hydrogens (tertiary/aromatic N) is 1. The van der Waals surface area contributed by atoms with Crippen molar-refractivity contribution in [1.29, 1.82) is 0 Å². The number of aliphatic hydroxyl groups is 1. The number of nitrogens with one attached hydrogen (secondary N) is 2. The molecule has 0 bridgehead atoms. The van der Waals surface area contributed by atoms with Crippen LogP contribution in [0.2, 0.25) is 0 Å². The molecule has 2 aromatic carbocycles. The molecule has 2 saturated heterocycles. The maximum atomic E-state index is 12.8. The van der Waals surface area contributed by atoms with Crippen LogP contribution in [0.4, 0.5) is 0 Å². The van der Waals surface area contributed by atoms with Gasteiger partial charge < -0.3 is 10.0 Å². The zero-order valence-corrected chi connectivity index (χ0v) is 16.3. The van der Waals surface area contributed by atoms with Crippen LogP contribution in [0, 0.1) is 5.92 Å². The fourth-order valence-corrected chi connectivity index (χ4v) is 4.64. The number of hydrogen-bond acceptors (Lipinski definition) is 4. The van der Waals surface area contributed by atoms with E-state index in [4.69, 9.17) is 0 Å². The number of amides is 1. The molecule has 1 amide bonds. The second-order valence-electron chi connectivity index (χ2n) is 8.08. The fraction of sp³-hybridized carbons (Fsp3) is 0.435. The predicted octanol–water partition coefficient (Wildman–Crippen LogP) is 2.42. The molecule has 2 aromatic rings. The SMILES string of the molecule is CC1CC(C(=O)N2CCC(C(O)(c3ccccc3)c3ccccc3)CC2)NN1. The summed E-state index contributed by atoms with van der Waals surface area (Å²) in [5.41, 5.74) is 7.03. The van der Waals surface area contributed by atoms with Crippen molar-refractivity contribution in [2.24, 2.45) is 5.92 Å². The summed E-state index contributed by atoms with van der Waals surface area (Å²) < 4.78 is 0. The number of hydrazine groups is 1. The third kappa shape index (κ3) is 3.58. The summed E-state index contributed by atoms with van der Waals surface area (Å²) >= 11 is 0. The third-order valence-corrected chi connectivity index (χ3v) is 6.22. The van der Waals surface area contributed by atoms with Crippen LogP contribution in [0.15, 0.2) is 60.7 Å². The molecule has 0 aliphatic carbocycles. The van der Waals surface area contributed by atoms with Gasteiger partial charge in [0.1, 0.15) is 11.6 Å². The second kappa shape index (κ2) is 8.03. The Labute approximate surface area is 166 Å². The molecule has 3 N–H and O–H groups in total. The summed E-state index contributed by atoms with van der Waals surface area (Å²) in [7, 11) is 0. The molecule has 0 saturated carbocycles. The third-order valence-electron chi connectivity index (χ3n) is 6.22. The molecule has 0 radical (unpaired) electrons. The fourth-order valence-electron chi connectivity index (χ4n) is 4.64. The van der Waals surface area contributed by atoms with Crippen LogP contribution < -0.4 is 10.9 Å². The Bertz CT molecular complexity index is 749. The molecule has 5 heteroatoms. The quantitative estimate of drug-likeness (QED) is 0.763. The Hall–Kier alpha value is -2.21. The highest BCUT2D eigenvalue weighted by molar-refractivity contribution is 5.82. The van der Waals surface area contributed by atoms with Crippen LogP contribution in [0.5, 0.6) is 0 Å². The van der Waals surface area contributed by atoms with Gasteiger partial charge in [-0.3, -0.25) is 10.2 Å². The topological polar surface area (TPSA) is 64.6 Å². The first kappa shape index (κ1) is 19.1. The zero-order chi connectivity index (χ0) is 19.6. The van der Waals surface area contributed by atoms with Gasteiger partial charge in [-0.15, -0.1) is 0 Å². The van der Waals surface area contributed by atoms with Crippen LogP contribution in [0.3, 0.4) is 0 Å². The van der Waals surface area contributed by atoms with Crippen molar-refractivity contribution in [2.45, 2.75) is 43.9 Å². The van der Waals surface area contributed by atoms with Gasteiger partial charge in [-0.25, -0.2) is 5.43 Å². The lowest BCUT2D eigenvalue weighted by Crippen LogP contribution is -2.51. The van der Waals surface area contributed by atoms with Crippen molar-refractivity contribution in [3.05, 3.63) is 71.8 Å². The molecule has 2 fully saturated rings. The van der Waals surface area contributed by atoms with Crippen LogP contribution in [0.1, 0.15) is 37.3 Å². The largest absolute Gasteiger partial charge is 0.380 e. The molecule has 2 heterocycles. The van der Waals surface area contributed by atoms with Crippen LogP contribution in [0.25, 0.3) is 0 Å². The van der Waals surface area contributed by atoms with Gasteiger partial charge in [0.05, 0.1) is 0 Å². The number of carbonyl (C=O) groups excluding carboxylic acids is 1. The van der Waals surface area contributed by atoms with Crippen LogP contribution in [-0.2, 0) is 10.4 Å². The van der Waals surface area contributed by atoms with E-state index in [1.54, 1.807) is 0 Å². The summed E-state index contributed by atoms with van der Waals surface area (Å²) in [5.74, 6) is 0.230. The van der Waals surface area contributed by atoms with E-state index in [9.17, 15) is 9.90 Å². The first-order chi connectivity index (χ1) is 13.6. The van der Waals surface area contributed by atoms with Gasteiger partial charge in [0.15, 0.2) is 0 Å². The molecule has 0 spiro atoms. The predicted molar refractivity (Wildman–Crippen MR) is 109 cm³/mol. The minimum Gasteiger partial charge on any atom is -0.380 e. The van der Waals surface area contributed by atoms with Crippen LogP contribution in [-0.4, -0.2) is 41.1 Å². The molecule has 0 aromatic heterocycles. The van der Waals surface area contributed by atoms with E-state index >= 15 is 0 Å². The first-order valence-electron chi connectivity index (χ1n) is 10.2. The van der Waals surface area contributed by atoms with Gasteiger partial charge in [0.25, 0.3) is 0 Å². The van der Waals surface area contributed by atoms with Gasteiger partial charge in [-0.1, -0.05) is 60.7 Å². The normalized spacial score (nSPS) is 23.7. The summed E-state index contributed by atoms with van der Waals surface area (Å²) in [5, 5.41) is 11.9. The zero-order valence-electron chi connectivity index (χ0n) is 16.3. The minimum absolute atomic E-state index is 0.0648. The number of likely N-dealkylation sites (tertiary alicyclic amines) is 1. The summed E-state index contributed by atoms with van der Waals surface area (Å²) in [4.78, 5) is 14.8. The van der Waals surface area contributed by atoms with E-state index in [0.717, 1.165) is 30.4 Å². The number of piperidine rings is 1. The average molecular weight is 380 g/mol. The maximum absolute atomic E-state index is 12.8. The molecule has 5 nitrogen and oxygen atoms in total. The number of carbonyl (C=O) groups is 1. The molecule has 28 heavy (non-hydrogen) atoms. The van der Waals surface area contributed by atoms with Crippen molar-refractivity contribution in [1.82, 2.24) is 15.8 Å². The highest BCUT2D eigenvalue weighted by Crippen LogP contribution is 2.42. The highest BCUT2D eigenvalue weighted by Gasteiger charge is 2.42.